The van der Waals surface area contributed by atoms with Gasteiger partial charge in [-0.05, 0) is 32.0 Å². The highest BCUT2D eigenvalue weighted by atomic mass is 16.3. The molecule has 4 nitrogen and oxygen atoms in total. The van der Waals surface area contributed by atoms with E-state index in [0.29, 0.717) is 6.54 Å². The molecule has 0 saturated carbocycles. The second kappa shape index (κ2) is 5.33. The van der Waals surface area contributed by atoms with Gasteiger partial charge in [0.1, 0.15) is 11.5 Å². The van der Waals surface area contributed by atoms with Gasteiger partial charge in [-0.3, -0.25) is 4.98 Å². The minimum atomic E-state index is -0.692. The fourth-order valence-corrected chi connectivity index (χ4v) is 2.17. The van der Waals surface area contributed by atoms with Gasteiger partial charge in [-0.2, -0.15) is 0 Å². The van der Waals surface area contributed by atoms with Crippen molar-refractivity contribution in [1.29, 1.82) is 0 Å². The summed E-state index contributed by atoms with van der Waals surface area (Å²) >= 11 is 0. The van der Waals surface area contributed by atoms with Gasteiger partial charge in [0.15, 0.2) is 0 Å². The lowest BCUT2D eigenvalue weighted by Crippen LogP contribution is -2.21. The van der Waals surface area contributed by atoms with E-state index in [1.54, 1.807) is 6.20 Å². The van der Waals surface area contributed by atoms with Gasteiger partial charge in [-0.1, -0.05) is 6.07 Å². The first kappa shape index (κ1) is 12.8. The molecule has 0 aromatic carbocycles. The van der Waals surface area contributed by atoms with Crippen molar-refractivity contribution < 1.29 is 9.52 Å². The van der Waals surface area contributed by atoms with E-state index >= 15 is 0 Å². The highest BCUT2D eigenvalue weighted by Gasteiger charge is 2.25. The number of nitrogens with zero attached hydrogens (tertiary/aromatic N) is 1. The Kier molecular flexibility index (Phi) is 3.79. The van der Waals surface area contributed by atoms with Gasteiger partial charge in [-0.15, -0.1) is 0 Å². The van der Waals surface area contributed by atoms with Crippen LogP contribution in [-0.2, 0) is 0 Å². The molecule has 0 spiro atoms. The fourth-order valence-electron chi connectivity index (χ4n) is 2.17. The summed E-state index contributed by atoms with van der Waals surface area (Å²) in [5, 5.41) is 10.4. The fraction of sp³-hybridized carbons (Fsp3) is 0.357. The number of hydrogen-bond donors (Lipinski definition) is 2. The Balaban J connectivity index is 2.31. The SMILES string of the molecule is Cc1cc(C(O)C(CN)c2ccccn2)c(C)o1. The maximum absolute atomic E-state index is 10.4. The van der Waals surface area contributed by atoms with Crippen LogP contribution >= 0.6 is 0 Å². The van der Waals surface area contributed by atoms with E-state index in [9.17, 15) is 5.11 Å². The molecule has 2 atom stereocenters. The molecule has 0 bridgehead atoms. The topological polar surface area (TPSA) is 72.3 Å². The Morgan fingerprint density at radius 1 is 1.39 bits per heavy atom. The van der Waals surface area contributed by atoms with Crippen LogP contribution in [0.5, 0.6) is 0 Å². The quantitative estimate of drug-likeness (QED) is 0.866. The Bertz CT molecular complexity index is 508. The van der Waals surface area contributed by atoms with E-state index < -0.39 is 6.10 Å². The number of aryl methyl sites for hydroxylation is 2. The first-order valence-corrected chi connectivity index (χ1v) is 5.99. The molecule has 4 heteroatoms. The summed E-state index contributed by atoms with van der Waals surface area (Å²) in [6, 6.07) is 7.47. The Morgan fingerprint density at radius 2 is 2.17 bits per heavy atom. The number of aliphatic hydroxyl groups excluding tert-OH is 1. The van der Waals surface area contributed by atoms with E-state index in [1.807, 2.05) is 38.1 Å². The average Bonchev–Trinajstić information content (AvgIpc) is 2.70. The molecule has 2 rings (SSSR count). The number of aromatic nitrogens is 1. The van der Waals surface area contributed by atoms with E-state index in [4.69, 9.17) is 10.2 Å². The summed E-state index contributed by atoms with van der Waals surface area (Å²) in [7, 11) is 0. The van der Waals surface area contributed by atoms with Gasteiger partial charge in [0.25, 0.3) is 0 Å². The lowest BCUT2D eigenvalue weighted by molar-refractivity contribution is 0.144. The standard InChI is InChI=1S/C14H18N2O2/c1-9-7-11(10(2)18-9)14(17)12(8-15)13-5-3-4-6-16-13/h3-7,12,14,17H,8,15H2,1-2H3. The minimum absolute atomic E-state index is 0.220. The van der Waals surface area contributed by atoms with Crippen molar-refractivity contribution in [3.05, 3.63) is 53.2 Å². The molecule has 0 aliphatic heterocycles. The smallest absolute Gasteiger partial charge is 0.106 e. The Morgan fingerprint density at radius 3 is 2.67 bits per heavy atom. The van der Waals surface area contributed by atoms with Crippen LogP contribution in [0.3, 0.4) is 0 Å². The highest BCUT2D eigenvalue weighted by Crippen LogP contribution is 2.32. The van der Waals surface area contributed by atoms with Gasteiger partial charge >= 0.3 is 0 Å². The molecule has 0 amide bonds. The molecular weight excluding hydrogens is 228 g/mol. The highest BCUT2D eigenvalue weighted by molar-refractivity contribution is 5.27. The van der Waals surface area contributed by atoms with E-state index in [2.05, 4.69) is 4.98 Å². The number of furan rings is 1. The molecule has 96 valence electrons. The zero-order valence-corrected chi connectivity index (χ0v) is 10.6. The summed E-state index contributed by atoms with van der Waals surface area (Å²) < 4.78 is 5.44. The van der Waals surface area contributed by atoms with Crippen molar-refractivity contribution >= 4 is 0 Å². The number of hydrogen-bond acceptors (Lipinski definition) is 4. The minimum Gasteiger partial charge on any atom is -0.466 e. The Hall–Kier alpha value is -1.65. The second-order valence-corrected chi connectivity index (χ2v) is 4.41. The van der Waals surface area contributed by atoms with Gasteiger partial charge in [0.05, 0.1) is 6.10 Å². The van der Waals surface area contributed by atoms with Crippen molar-refractivity contribution in [2.45, 2.75) is 25.9 Å². The summed E-state index contributed by atoms with van der Waals surface area (Å²) in [6.45, 7) is 4.04. The van der Waals surface area contributed by atoms with Crippen LogP contribution in [0.25, 0.3) is 0 Å². The van der Waals surface area contributed by atoms with Crippen LogP contribution in [-0.4, -0.2) is 16.6 Å². The van der Waals surface area contributed by atoms with E-state index in [0.717, 1.165) is 22.8 Å². The maximum Gasteiger partial charge on any atom is 0.106 e. The van der Waals surface area contributed by atoms with E-state index in [-0.39, 0.29) is 5.92 Å². The van der Waals surface area contributed by atoms with E-state index in [1.165, 1.54) is 0 Å². The van der Waals surface area contributed by atoms with Gasteiger partial charge in [0.2, 0.25) is 0 Å². The van der Waals surface area contributed by atoms with Crippen LogP contribution in [0.15, 0.2) is 34.9 Å². The lowest BCUT2D eigenvalue weighted by atomic mass is 9.92. The third kappa shape index (κ3) is 2.44. The summed E-state index contributed by atoms with van der Waals surface area (Å²) in [5.41, 5.74) is 7.35. The molecule has 0 fully saturated rings. The molecule has 18 heavy (non-hydrogen) atoms. The first-order valence-electron chi connectivity index (χ1n) is 5.99. The summed E-state index contributed by atoms with van der Waals surface area (Å²) in [6.07, 6.45) is 1.01. The van der Waals surface area contributed by atoms with Crippen molar-refractivity contribution in [1.82, 2.24) is 4.98 Å². The zero-order chi connectivity index (χ0) is 13.1. The Labute approximate surface area is 106 Å². The third-order valence-corrected chi connectivity index (χ3v) is 3.10. The zero-order valence-electron chi connectivity index (χ0n) is 10.6. The number of pyridine rings is 1. The van der Waals surface area contributed by atoms with Crippen LogP contribution in [0.4, 0.5) is 0 Å². The number of rotatable bonds is 4. The van der Waals surface area contributed by atoms with Gasteiger partial charge in [-0.25, -0.2) is 0 Å². The van der Waals surface area contributed by atoms with Crippen molar-refractivity contribution in [2.24, 2.45) is 5.73 Å². The molecule has 2 aromatic heterocycles. The third-order valence-electron chi connectivity index (χ3n) is 3.10. The van der Waals surface area contributed by atoms with Gasteiger partial charge < -0.3 is 15.3 Å². The number of aliphatic hydroxyl groups is 1. The average molecular weight is 246 g/mol. The molecule has 0 saturated heterocycles. The molecule has 0 radical (unpaired) electrons. The second-order valence-electron chi connectivity index (χ2n) is 4.41. The van der Waals surface area contributed by atoms with Crippen molar-refractivity contribution in [3.8, 4) is 0 Å². The lowest BCUT2D eigenvalue weighted by Gasteiger charge is -2.20. The number of nitrogens with two attached hydrogens (primary N) is 1. The molecule has 0 aliphatic carbocycles. The molecule has 3 N–H and O–H groups in total. The van der Waals surface area contributed by atoms with Crippen molar-refractivity contribution in [3.63, 3.8) is 0 Å². The molecule has 2 heterocycles. The molecular formula is C14H18N2O2. The maximum atomic E-state index is 10.4. The van der Waals surface area contributed by atoms with Crippen LogP contribution < -0.4 is 5.73 Å². The molecule has 0 aliphatic rings. The summed E-state index contributed by atoms with van der Waals surface area (Å²) in [4.78, 5) is 4.26. The predicted molar refractivity (Wildman–Crippen MR) is 69.2 cm³/mol. The monoisotopic (exact) mass is 246 g/mol. The first-order chi connectivity index (χ1) is 8.63. The van der Waals surface area contributed by atoms with Crippen LogP contribution in [0.2, 0.25) is 0 Å². The normalized spacial score (nSPS) is 14.4. The van der Waals surface area contributed by atoms with Gasteiger partial charge in [0, 0.05) is 29.9 Å². The largest absolute Gasteiger partial charge is 0.466 e. The van der Waals surface area contributed by atoms with Crippen LogP contribution in [0, 0.1) is 13.8 Å². The summed E-state index contributed by atoms with van der Waals surface area (Å²) in [5.74, 6) is 1.30. The molecule has 2 aromatic rings. The molecule has 2 unspecified atom stereocenters. The van der Waals surface area contributed by atoms with Crippen molar-refractivity contribution in [2.75, 3.05) is 6.54 Å². The van der Waals surface area contributed by atoms with Crippen LogP contribution in [0.1, 0.15) is 34.8 Å². The predicted octanol–water partition coefficient (Wildman–Crippen LogP) is 2.07.